The van der Waals surface area contributed by atoms with Crippen molar-refractivity contribution in [1.29, 1.82) is 5.53 Å². The summed E-state index contributed by atoms with van der Waals surface area (Å²) in [6.07, 6.45) is 4.94. The van der Waals surface area contributed by atoms with E-state index in [2.05, 4.69) is 22.1 Å². The van der Waals surface area contributed by atoms with Crippen molar-refractivity contribution in [2.24, 2.45) is 5.11 Å². The van der Waals surface area contributed by atoms with Crippen LogP contribution in [0.5, 0.6) is 0 Å². The molecular weight excluding hydrogens is 198 g/mol. The summed E-state index contributed by atoms with van der Waals surface area (Å²) in [5, 5.41) is 3.50. The number of anilines is 1. The molecule has 0 bridgehead atoms. The number of aryl methyl sites for hydroxylation is 2. The topological polar surface area (TPSA) is 39.5 Å². The summed E-state index contributed by atoms with van der Waals surface area (Å²) in [5.74, 6) is 0. The van der Waals surface area contributed by atoms with Gasteiger partial charge >= 0.3 is 0 Å². The van der Waals surface area contributed by atoms with Gasteiger partial charge in [0.25, 0.3) is 0 Å². The van der Waals surface area contributed by atoms with E-state index in [-0.39, 0.29) is 0 Å². The van der Waals surface area contributed by atoms with Crippen LogP contribution in [0.2, 0.25) is 0 Å². The zero-order valence-electron chi connectivity index (χ0n) is 9.50. The Morgan fingerprint density at radius 2 is 1.75 bits per heavy atom. The van der Waals surface area contributed by atoms with Crippen LogP contribution in [0.1, 0.15) is 29.5 Å². The van der Waals surface area contributed by atoms with Gasteiger partial charge in [-0.05, 0) is 42.4 Å². The van der Waals surface area contributed by atoms with E-state index in [1.54, 1.807) is 0 Å². The van der Waals surface area contributed by atoms with Gasteiger partial charge in [0.2, 0.25) is 0 Å². The third kappa shape index (κ3) is 1.51. The monoisotopic (exact) mass is 215 g/mol. The van der Waals surface area contributed by atoms with Crippen LogP contribution in [0.25, 0.3) is 0 Å². The lowest BCUT2D eigenvalue weighted by Crippen LogP contribution is -2.34. The van der Waals surface area contributed by atoms with Crippen molar-refractivity contribution < 1.29 is 0 Å². The molecule has 2 aliphatic heterocycles. The Labute approximate surface area is 96.0 Å². The van der Waals surface area contributed by atoms with Crippen molar-refractivity contribution in [2.45, 2.75) is 32.2 Å². The fourth-order valence-corrected chi connectivity index (χ4v) is 3.06. The van der Waals surface area contributed by atoms with Crippen molar-refractivity contribution in [1.82, 2.24) is 0 Å². The maximum atomic E-state index is 6.98. The first-order valence-electron chi connectivity index (χ1n) is 6.11. The van der Waals surface area contributed by atoms with Crippen molar-refractivity contribution in [3.05, 3.63) is 28.8 Å². The maximum absolute atomic E-state index is 6.98. The van der Waals surface area contributed by atoms with Crippen molar-refractivity contribution in [3.63, 3.8) is 0 Å². The molecule has 1 aromatic rings. The number of nitrogens with zero attached hydrogens (tertiary/aromatic N) is 2. The molecule has 0 unspecified atom stereocenters. The van der Waals surface area contributed by atoms with Gasteiger partial charge in [0.1, 0.15) is 0 Å². The fourth-order valence-electron chi connectivity index (χ4n) is 3.06. The molecule has 3 rings (SSSR count). The molecule has 0 atom stereocenters. The summed E-state index contributed by atoms with van der Waals surface area (Å²) in [6.45, 7) is 2.99. The standard InChI is InChI=1S/C13H17N3/c14-15-9-10-7-11-3-1-5-16-6-2-4-12(8-10)13(11)16/h7-8,14H,1-6,9H2. The molecule has 1 aromatic carbocycles. The molecule has 0 amide bonds. The average molecular weight is 215 g/mol. The van der Waals surface area contributed by atoms with Crippen LogP contribution in [-0.4, -0.2) is 13.1 Å². The number of nitrogens with one attached hydrogen (secondary N) is 1. The van der Waals surface area contributed by atoms with Gasteiger partial charge in [-0.3, -0.25) is 0 Å². The Kier molecular flexibility index (Phi) is 2.39. The van der Waals surface area contributed by atoms with Gasteiger partial charge in [-0.2, -0.15) is 5.11 Å². The second kappa shape index (κ2) is 3.89. The molecule has 0 aliphatic carbocycles. The molecule has 0 saturated heterocycles. The Bertz CT molecular complexity index is 394. The Balaban J connectivity index is 2.09. The van der Waals surface area contributed by atoms with Crippen LogP contribution in [0.3, 0.4) is 0 Å². The van der Waals surface area contributed by atoms with E-state index in [9.17, 15) is 0 Å². The van der Waals surface area contributed by atoms with Crippen molar-refractivity contribution >= 4 is 5.69 Å². The molecule has 2 aliphatic rings. The summed E-state index contributed by atoms with van der Waals surface area (Å²) >= 11 is 0. The third-order valence-corrected chi connectivity index (χ3v) is 3.65. The normalized spacial score (nSPS) is 18.1. The van der Waals surface area contributed by atoms with Crippen LogP contribution in [0.15, 0.2) is 17.2 Å². The van der Waals surface area contributed by atoms with Crippen LogP contribution in [0, 0.1) is 5.53 Å². The lowest BCUT2D eigenvalue weighted by atomic mass is 9.90. The molecule has 0 fully saturated rings. The first kappa shape index (κ1) is 9.82. The van der Waals surface area contributed by atoms with E-state index in [4.69, 9.17) is 5.53 Å². The highest BCUT2D eigenvalue weighted by atomic mass is 15.1. The van der Waals surface area contributed by atoms with Crippen molar-refractivity contribution in [3.8, 4) is 0 Å². The fraction of sp³-hybridized carbons (Fsp3) is 0.538. The van der Waals surface area contributed by atoms with Gasteiger partial charge in [0.05, 0.1) is 6.54 Å². The Hall–Kier alpha value is -1.38. The number of hydrogen-bond acceptors (Lipinski definition) is 3. The highest BCUT2D eigenvalue weighted by molar-refractivity contribution is 5.64. The van der Waals surface area contributed by atoms with Crippen LogP contribution in [-0.2, 0) is 19.4 Å². The SMILES string of the molecule is N=NCc1cc2c3c(c1)CCCN3CCC2. The van der Waals surface area contributed by atoms with Crippen molar-refractivity contribution in [2.75, 3.05) is 18.0 Å². The van der Waals surface area contributed by atoms with E-state index in [0.29, 0.717) is 6.54 Å². The summed E-state index contributed by atoms with van der Waals surface area (Å²) in [5.41, 5.74) is 12.7. The average Bonchev–Trinajstić information content (AvgIpc) is 2.30. The molecule has 2 heterocycles. The molecule has 16 heavy (non-hydrogen) atoms. The third-order valence-electron chi connectivity index (χ3n) is 3.65. The second-order valence-electron chi connectivity index (χ2n) is 4.77. The maximum Gasteiger partial charge on any atom is 0.0847 e. The first-order chi connectivity index (χ1) is 7.88. The molecule has 0 spiro atoms. The molecule has 1 N–H and O–H groups in total. The summed E-state index contributed by atoms with van der Waals surface area (Å²) in [4.78, 5) is 2.54. The van der Waals surface area contributed by atoms with E-state index in [1.807, 2.05) is 0 Å². The van der Waals surface area contributed by atoms with Crippen LogP contribution in [0.4, 0.5) is 5.69 Å². The zero-order chi connectivity index (χ0) is 11.0. The van der Waals surface area contributed by atoms with Crippen LogP contribution >= 0.6 is 0 Å². The lowest BCUT2D eigenvalue weighted by molar-refractivity contribution is 0.632. The molecule has 0 saturated carbocycles. The van der Waals surface area contributed by atoms with Crippen LogP contribution < -0.4 is 4.90 Å². The summed E-state index contributed by atoms with van der Waals surface area (Å²) < 4.78 is 0. The minimum atomic E-state index is 0.542. The minimum absolute atomic E-state index is 0.542. The quantitative estimate of drug-likeness (QED) is 0.757. The number of benzene rings is 1. The zero-order valence-corrected chi connectivity index (χ0v) is 9.50. The van der Waals surface area contributed by atoms with E-state index in [0.717, 1.165) is 0 Å². The number of hydrogen-bond donors (Lipinski definition) is 1. The summed E-state index contributed by atoms with van der Waals surface area (Å²) in [7, 11) is 0. The van der Waals surface area contributed by atoms with Gasteiger partial charge in [-0.15, -0.1) is 0 Å². The van der Waals surface area contributed by atoms with Gasteiger partial charge in [0, 0.05) is 18.8 Å². The molecule has 84 valence electrons. The highest BCUT2D eigenvalue weighted by Gasteiger charge is 2.23. The van der Waals surface area contributed by atoms with E-state index in [1.165, 1.54) is 61.2 Å². The molecular formula is C13H17N3. The van der Waals surface area contributed by atoms with Gasteiger partial charge in [-0.1, -0.05) is 12.1 Å². The predicted molar refractivity (Wildman–Crippen MR) is 64.1 cm³/mol. The molecule has 3 nitrogen and oxygen atoms in total. The predicted octanol–water partition coefficient (Wildman–Crippen LogP) is 2.92. The smallest absolute Gasteiger partial charge is 0.0847 e. The highest BCUT2D eigenvalue weighted by Crippen LogP contribution is 2.36. The van der Waals surface area contributed by atoms with Gasteiger partial charge < -0.3 is 4.90 Å². The number of rotatable bonds is 2. The lowest BCUT2D eigenvalue weighted by Gasteiger charge is -2.37. The summed E-state index contributed by atoms with van der Waals surface area (Å²) in [6, 6.07) is 4.52. The second-order valence-corrected chi connectivity index (χ2v) is 4.77. The van der Waals surface area contributed by atoms with Gasteiger partial charge in [0.15, 0.2) is 0 Å². The van der Waals surface area contributed by atoms with Gasteiger partial charge in [-0.25, -0.2) is 5.53 Å². The first-order valence-corrected chi connectivity index (χ1v) is 6.11. The minimum Gasteiger partial charge on any atom is -0.371 e. The molecule has 0 aromatic heterocycles. The van der Waals surface area contributed by atoms with E-state index >= 15 is 0 Å². The Morgan fingerprint density at radius 1 is 1.12 bits per heavy atom. The molecule has 3 heteroatoms. The Morgan fingerprint density at radius 3 is 2.31 bits per heavy atom. The largest absolute Gasteiger partial charge is 0.371 e. The van der Waals surface area contributed by atoms with E-state index < -0.39 is 0 Å². The molecule has 0 radical (unpaired) electrons.